The van der Waals surface area contributed by atoms with Gasteiger partial charge in [0.05, 0.1) is 30.9 Å². The average Bonchev–Trinajstić information content (AvgIpc) is 3.06. The minimum atomic E-state index is -0.222. The topological polar surface area (TPSA) is 49.9 Å². The lowest BCUT2D eigenvalue weighted by atomic mass is 10.0. The standard InChI is InChI=1S/C26H24N2O3/c29-25-23-3-1-2-4-24(23)26(30)28(25)18-20-7-11-22(12-8-20)21-9-5-19(6-10-21)17-27-13-15-31-16-14-27/h1-12H,13-18H2. The van der Waals surface area contributed by atoms with Gasteiger partial charge in [-0.25, -0.2) is 0 Å². The van der Waals surface area contributed by atoms with Gasteiger partial charge in [0.25, 0.3) is 11.8 Å². The van der Waals surface area contributed by atoms with Crippen LogP contribution in [0.4, 0.5) is 0 Å². The van der Waals surface area contributed by atoms with Crippen molar-refractivity contribution in [3.63, 3.8) is 0 Å². The van der Waals surface area contributed by atoms with E-state index in [4.69, 9.17) is 4.74 Å². The summed E-state index contributed by atoms with van der Waals surface area (Å²) in [5.74, 6) is -0.443. The normalized spacial score (nSPS) is 16.6. The third-order valence-corrected chi connectivity index (χ3v) is 5.97. The summed E-state index contributed by atoms with van der Waals surface area (Å²) in [5.41, 5.74) is 5.47. The predicted molar refractivity (Wildman–Crippen MR) is 119 cm³/mol. The molecule has 0 aromatic heterocycles. The lowest BCUT2D eigenvalue weighted by Gasteiger charge is -2.26. The van der Waals surface area contributed by atoms with Crippen molar-refractivity contribution >= 4 is 11.8 Å². The van der Waals surface area contributed by atoms with Crippen LogP contribution in [0.5, 0.6) is 0 Å². The number of benzene rings is 3. The molecular weight excluding hydrogens is 388 g/mol. The summed E-state index contributed by atoms with van der Waals surface area (Å²) in [6, 6.07) is 23.7. The molecule has 2 aliphatic heterocycles. The van der Waals surface area contributed by atoms with Crippen LogP contribution in [0.25, 0.3) is 11.1 Å². The van der Waals surface area contributed by atoms with E-state index in [0.29, 0.717) is 11.1 Å². The summed E-state index contributed by atoms with van der Waals surface area (Å²) in [4.78, 5) is 28.9. The SMILES string of the molecule is O=C1c2ccccc2C(=O)N1Cc1ccc(-c2ccc(CN3CCOCC3)cc2)cc1. The van der Waals surface area contributed by atoms with Gasteiger partial charge in [-0.15, -0.1) is 0 Å². The van der Waals surface area contributed by atoms with E-state index < -0.39 is 0 Å². The van der Waals surface area contributed by atoms with Crippen molar-refractivity contribution in [2.75, 3.05) is 26.3 Å². The smallest absolute Gasteiger partial charge is 0.261 e. The van der Waals surface area contributed by atoms with Crippen LogP contribution in [0, 0.1) is 0 Å². The third-order valence-electron chi connectivity index (χ3n) is 5.97. The van der Waals surface area contributed by atoms with Crippen LogP contribution in [0.3, 0.4) is 0 Å². The largest absolute Gasteiger partial charge is 0.379 e. The Morgan fingerprint density at radius 2 is 1.13 bits per heavy atom. The lowest BCUT2D eigenvalue weighted by molar-refractivity contribution is 0.0342. The van der Waals surface area contributed by atoms with Crippen molar-refractivity contribution in [3.8, 4) is 11.1 Å². The summed E-state index contributed by atoms with van der Waals surface area (Å²) in [7, 11) is 0. The van der Waals surface area contributed by atoms with Crippen LogP contribution in [0.2, 0.25) is 0 Å². The molecule has 5 heteroatoms. The zero-order chi connectivity index (χ0) is 21.2. The van der Waals surface area contributed by atoms with Gasteiger partial charge in [0.1, 0.15) is 0 Å². The van der Waals surface area contributed by atoms with Crippen LogP contribution in [-0.4, -0.2) is 47.9 Å². The number of amides is 2. The number of hydrogen-bond acceptors (Lipinski definition) is 4. The van der Waals surface area contributed by atoms with Crippen LogP contribution in [-0.2, 0) is 17.8 Å². The summed E-state index contributed by atoms with van der Waals surface area (Å²) in [5, 5.41) is 0. The zero-order valence-corrected chi connectivity index (χ0v) is 17.3. The Bertz CT molecular complexity index is 1070. The van der Waals surface area contributed by atoms with E-state index in [-0.39, 0.29) is 18.4 Å². The van der Waals surface area contributed by atoms with Gasteiger partial charge in [-0.3, -0.25) is 19.4 Å². The fourth-order valence-electron chi connectivity index (χ4n) is 4.19. The predicted octanol–water partition coefficient (Wildman–Crippen LogP) is 3.98. The molecule has 0 unspecified atom stereocenters. The molecule has 2 amide bonds. The summed E-state index contributed by atoms with van der Waals surface area (Å²) in [6.45, 7) is 4.82. The first-order chi connectivity index (χ1) is 15.2. The minimum Gasteiger partial charge on any atom is -0.379 e. The summed E-state index contributed by atoms with van der Waals surface area (Å²) in [6.07, 6.45) is 0. The van der Waals surface area contributed by atoms with Crippen molar-refractivity contribution in [1.82, 2.24) is 9.80 Å². The van der Waals surface area contributed by atoms with E-state index in [0.717, 1.165) is 49.5 Å². The van der Waals surface area contributed by atoms with Gasteiger partial charge in [-0.05, 0) is 34.4 Å². The molecule has 0 aliphatic carbocycles. The van der Waals surface area contributed by atoms with E-state index in [1.165, 1.54) is 10.5 Å². The zero-order valence-electron chi connectivity index (χ0n) is 17.3. The maximum Gasteiger partial charge on any atom is 0.261 e. The number of fused-ring (bicyclic) bond motifs is 1. The molecule has 3 aromatic rings. The molecule has 0 N–H and O–H groups in total. The Balaban J connectivity index is 1.25. The number of nitrogens with zero attached hydrogens (tertiary/aromatic N) is 2. The molecule has 0 atom stereocenters. The monoisotopic (exact) mass is 412 g/mol. The molecular formula is C26H24N2O3. The molecule has 0 radical (unpaired) electrons. The van der Waals surface area contributed by atoms with Gasteiger partial charge in [-0.2, -0.15) is 0 Å². The van der Waals surface area contributed by atoms with Gasteiger partial charge < -0.3 is 4.74 Å². The Morgan fingerprint density at radius 3 is 1.65 bits per heavy atom. The molecule has 156 valence electrons. The van der Waals surface area contributed by atoms with Gasteiger partial charge in [0.2, 0.25) is 0 Å². The second-order valence-electron chi connectivity index (χ2n) is 8.02. The Kier molecular flexibility index (Phi) is 5.37. The fourth-order valence-corrected chi connectivity index (χ4v) is 4.19. The second-order valence-corrected chi connectivity index (χ2v) is 8.02. The van der Waals surface area contributed by atoms with Crippen LogP contribution in [0.15, 0.2) is 72.8 Å². The van der Waals surface area contributed by atoms with Crippen molar-refractivity contribution in [2.24, 2.45) is 0 Å². The van der Waals surface area contributed by atoms with E-state index in [9.17, 15) is 9.59 Å². The quantitative estimate of drug-likeness (QED) is 0.595. The van der Waals surface area contributed by atoms with Crippen molar-refractivity contribution < 1.29 is 14.3 Å². The highest BCUT2D eigenvalue weighted by atomic mass is 16.5. The van der Waals surface area contributed by atoms with Crippen molar-refractivity contribution in [1.29, 1.82) is 0 Å². The Labute approximate surface area is 181 Å². The van der Waals surface area contributed by atoms with E-state index >= 15 is 0 Å². The summed E-state index contributed by atoms with van der Waals surface area (Å²) < 4.78 is 5.41. The first-order valence-electron chi connectivity index (χ1n) is 10.6. The first-order valence-corrected chi connectivity index (χ1v) is 10.6. The first kappa shape index (κ1) is 19.7. The van der Waals surface area contributed by atoms with Crippen LogP contribution in [0.1, 0.15) is 31.8 Å². The molecule has 1 saturated heterocycles. The highest BCUT2D eigenvalue weighted by Crippen LogP contribution is 2.26. The molecule has 5 nitrogen and oxygen atoms in total. The molecule has 2 heterocycles. The molecule has 2 aliphatic rings. The lowest BCUT2D eigenvalue weighted by Crippen LogP contribution is -2.35. The molecule has 5 rings (SSSR count). The third kappa shape index (κ3) is 4.02. The van der Waals surface area contributed by atoms with Crippen molar-refractivity contribution in [3.05, 3.63) is 95.1 Å². The number of rotatable bonds is 5. The van der Waals surface area contributed by atoms with E-state index in [1.54, 1.807) is 24.3 Å². The Morgan fingerprint density at radius 1 is 0.645 bits per heavy atom. The number of carbonyl (C=O) groups is 2. The molecule has 0 spiro atoms. The molecule has 31 heavy (non-hydrogen) atoms. The maximum atomic E-state index is 12.6. The van der Waals surface area contributed by atoms with Crippen LogP contribution >= 0.6 is 0 Å². The van der Waals surface area contributed by atoms with Gasteiger partial charge in [0.15, 0.2) is 0 Å². The number of morpholine rings is 1. The highest BCUT2D eigenvalue weighted by Gasteiger charge is 2.34. The number of imide groups is 1. The summed E-state index contributed by atoms with van der Waals surface area (Å²) >= 11 is 0. The highest BCUT2D eigenvalue weighted by molar-refractivity contribution is 6.21. The van der Waals surface area contributed by atoms with Gasteiger partial charge in [-0.1, -0.05) is 60.7 Å². The maximum absolute atomic E-state index is 12.6. The Hall–Kier alpha value is -3.28. The van der Waals surface area contributed by atoms with Crippen molar-refractivity contribution in [2.45, 2.75) is 13.1 Å². The van der Waals surface area contributed by atoms with Crippen LogP contribution < -0.4 is 0 Å². The second kappa shape index (κ2) is 8.46. The number of ether oxygens (including phenoxy) is 1. The minimum absolute atomic E-state index is 0.222. The molecule has 0 bridgehead atoms. The van der Waals surface area contributed by atoms with Gasteiger partial charge >= 0.3 is 0 Å². The fraction of sp³-hybridized carbons (Fsp3) is 0.231. The van der Waals surface area contributed by atoms with Gasteiger partial charge in [0, 0.05) is 19.6 Å². The molecule has 1 fully saturated rings. The number of hydrogen-bond donors (Lipinski definition) is 0. The molecule has 3 aromatic carbocycles. The average molecular weight is 412 g/mol. The van der Waals surface area contributed by atoms with E-state index in [2.05, 4.69) is 29.2 Å². The van der Waals surface area contributed by atoms with E-state index in [1.807, 2.05) is 24.3 Å². The number of carbonyl (C=O) groups excluding carboxylic acids is 2. The molecule has 0 saturated carbocycles.